The quantitative estimate of drug-likeness (QED) is 0.652. The second-order valence-electron chi connectivity index (χ2n) is 4.60. The zero-order valence-electron chi connectivity index (χ0n) is 11.7. The monoisotopic (exact) mass is 409 g/mol. The lowest BCUT2D eigenvalue weighted by molar-refractivity contribution is 0.603. The third kappa shape index (κ3) is 4.10. The predicted octanol–water partition coefficient (Wildman–Crippen LogP) is 4.45. The highest BCUT2D eigenvalue weighted by Crippen LogP contribution is 2.28. The Morgan fingerprint density at radius 3 is 2.09 bits per heavy atom. The van der Waals surface area contributed by atoms with Crippen molar-refractivity contribution in [3.63, 3.8) is 0 Å². The van der Waals surface area contributed by atoms with Crippen molar-refractivity contribution < 1.29 is 8.42 Å². The van der Waals surface area contributed by atoms with Gasteiger partial charge in [0.05, 0.1) is 3.79 Å². The van der Waals surface area contributed by atoms with Crippen LogP contribution in [0.1, 0.15) is 0 Å². The van der Waals surface area contributed by atoms with E-state index in [0.29, 0.717) is 5.69 Å². The Kier molecular flexibility index (Phi) is 4.65. The molecule has 0 radical (unpaired) electrons. The first-order valence-corrected chi connectivity index (χ1v) is 9.67. The maximum Gasteiger partial charge on any atom is 0.271 e. The van der Waals surface area contributed by atoms with Crippen molar-refractivity contribution in [2.75, 3.05) is 10.0 Å². The van der Waals surface area contributed by atoms with Crippen LogP contribution in [0.5, 0.6) is 0 Å². The summed E-state index contributed by atoms with van der Waals surface area (Å²) in [5.41, 5.74) is 2.28. The molecule has 0 aliphatic heterocycles. The summed E-state index contributed by atoms with van der Waals surface area (Å²) < 4.78 is 28.1. The smallest absolute Gasteiger partial charge is 0.271 e. The van der Waals surface area contributed by atoms with Gasteiger partial charge in [0.15, 0.2) is 0 Å². The van der Waals surface area contributed by atoms with E-state index in [9.17, 15) is 8.42 Å². The van der Waals surface area contributed by atoms with Gasteiger partial charge in [0.2, 0.25) is 0 Å². The van der Waals surface area contributed by atoms with Gasteiger partial charge in [-0.3, -0.25) is 9.71 Å². The maximum absolute atomic E-state index is 12.2. The third-order valence-corrected chi connectivity index (χ3v) is 6.42. The van der Waals surface area contributed by atoms with E-state index < -0.39 is 10.0 Å². The predicted molar refractivity (Wildman–Crippen MR) is 96.8 cm³/mol. The Morgan fingerprint density at radius 1 is 0.870 bits per heavy atom. The van der Waals surface area contributed by atoms with Crippen LogP contribution in [0.3, 0.4) is 0 Å². The summed E-state index contributed by atoms with van der Waals surface area (Å²) in [6.45, 7) is 0. The van der Waals surface area contributed by atoms with E-state index in [-0.39, 0.29) is 4.21 Å². The molecule has 23 heavy (non-hydrogen) atoms. The van der Waals surface area contributed by atoms with E-state index in [1.54, 1.807) is 36.7 Å². The molecule has 5 nitrogen and oxygen atoms in total. The summed E-state index contributed by atoms with van der Waals surface area (Å²) >= 11 is 4.43. The second-order valence-corrected chi connectivity index (χ2v) is 8.97. The zero-order valence-corrected chi connectivity index (χ0v) is 15.0. The molecule has 2 N–H and O–H groups in total. The van der Waals surface area contributed by atoms with E-state index in [1.165, 1.54) is 11.3 Å². The highest BCUT2D eigenvalue weighted by atomic mass is 79.9. The summed E-state index contributed by atoms with van der Waals surface area (Å²) in [5.74, 6) is 0. The van der Waals surface area contributed by atoms with Crippen LogP contribution in [0.15, 0.2) is 68.9 Å². The number of halogens is 1. The van der Waals surface area contributed by atoms with Crippen molar-refractivity contribution in [2.24, 2.45) is 0 Å². The molecule has 3 aromatic rings. The van der Waals surface area contributed by atoms with E-state index in [1.807, 2.05) is 24.3 Å². The SMILES string of the molecule is O=S(=O)(Nc1ccc(Nc2ccncc2)cc1)c1ccc(Br)s1. The van der Waals surface area contributed by atoms with Crippen LogP contribution < -0.4 is 10.0 Å². The van der Waals surface area contributed by atoms with Crippen LogP contribution in [0.2, 0.25) is 0 Å². The first-order valence-electron chi connectivity index (χ1n) is 6.58. The number of rotatable bonds is 5. The molecule has 0 bridgehead atoms. The molecule has 0 aliphatic carbocycles. The van der Waals surface area contributed by atoms with Crippen molar-refractivity contribution in [3.05, 3.63) is 64.7 Å². The second kappa shape index (κ2) is 6.69. The highest BCUT2D eigenvalue weighted by Gasteiger charge is 2.16. The number of hydrogen-bond donors (Lipinski definition) is 2. The number of nitrogens with zero attached hydrogens (tertiary/aromatic N) is 1. The molecule has 8 heteroatoms. The highest BCUT2D eigenvalue weighted by molar-refractivity contribution is 9.11. The van der Waals surface area contributed by atoms with E-state index in [2.05, 4.69) is 31.0 Å². The van der Waals surface area contributed by atoms with E-state index in [0.717, 1.165) is 15.2 Å². The Bertz CT molecular complexity index is 894. The summed E-state index contributed by atoms with van der Waals surface area (Å²) in [4.78, 5) is 3.95. The molecule has 2 heterocycles. The first-order chi connectivity index (χ1) is 11.0. The van der Waals surface area contributed by atoms with Crippen molar-refractivity contribution in [3.8, 4) is 0 Å². The largest absolute Gasteiger partial charge is 0.355 e. The molecule has 1 aromatic carbocycles. The fourth-order valence-corrected chi connectivity index (χ4v) is 4.94. The van der Waals surface area contributed by atoms with E-state index >= 15 is 0 Å². The van der Waals surface area contributed by atoms with Crippen LogP contribution in [0.4, 0.5) is 17.1 Å². The van der Waals surface area contributed by atoms with Crippen LogP contribution in [-0.4, -0.2) is 13.4 Å². The van der Waals surface area contributed by atoms with Gasteiger partial charge < -0.3 is 5.32 Å². The number of thiophene rings is 1. The standard InChI is InChI=1S/C15H12BrN3O2S2/c16-14-5-6-15(22-14)23(20,21)19-13-3-1-11(2-4-13)18-12-7-9-17-10-8-12/h1-10,19H,(H,17,18). The van der Waals surface area contributed by atoms with Gasteiger partial charge in [-0.15, -0.1) is 11.3 Å². The molecular weight excluding hydrogens is 398 g/mol. The number of pyridine rings is 1. The van der Waals surface area contributed by atoms with E-state index in [4.69, 9.17) is 0 Å². The molecule has 0 saturated carbocycles. The van der Waals surface area contributed by atoms with Crippen molar-refractivity contribution in [1.29, 1.82) is 0 Å². The van der Waals surface area contributed by atoms with Gasteiger partial charge >= 0.3 is 0 Å². The fraction of sp³-hybridized carbons (Fsp3) is 0. The average molecular weight is 410 g/mol. The van der Waals surface area contributed by atoms with Crippen LogP contribution in [-0.2, 0) is 10.0 Å². The summed E-state index contributed by atoms with van der Waals surface area (Å²) in [5, 5.41) is 3.21. The molecule has 0 unspecified atom stereocenters. The van der Waals surface area contributed by atoms with Gasteiger partial charge in [0, 0.05) is 29.5 Å². The molecular formula is C15H12BrN3O2S2. The molecule has 3 rings (SSSR count). The number of sulfonamides is 1. The van der Waals surface area contributed by atoms with Gasteiger partial charge in [-0.05, 0) is 64.5 Å². The molecule has 0 saturated heterocycles. The van der Waals surface area contributed by atoms with Gasteiger partial charge in [-0.2, -0.15) is 0 Å². The minimum atomic E-state index is -3.55. The number of aromatic nitrogens is 1. The number of hydrogen-bond acceptors (Lipinski definition) is 5. The van der Waals surface area contributed by atoms with Crippen molar-refractivity contribution in [2.45, 2.75) is 4.21 Å². The molecule has 2 aromatic heterocycles. The molecule has 0 atom stereocenters. The van der Waals surface area contributed by atoms with Crippen LogP contribution in [0.25, 0.3) is 0 Å². The zero-order chi connectivity index (χ0) is 16.3. The Labute approximate surface area is 146 Å². The van der Waals surface area contributed by atoms with Gasteiger partial charge in [0.1, 0.15) is 4.21 Å². The van der Waals surface area contributed by atoms with Gasteiger partial charge in [-0.1, -0.05) is 0 Å². The number of anilines is 3. The molecule has 0 fully saturated rings. The van der Waals surface area contributed by atoms with Crippen LogP contribution >= 0.6 is 27.3 Å². The third-order valence-electron chi connectivity index (χ3n) is 2.92. The summed E-state index contributed by atoms with van der Waals surface area (Å²) in [7, 11) is -3.55. The lowest BCUT2D eigenvalue weighted by Gasteiger charge is -2.09. The lowest BCUT2D eigenvalue weighted by Crippen LogP contribution is -2.11. The Balaban J connectivity index is 1.72. The normalized spacial score (nSPS) is 11.2. The molecule has 0 aliphatic rings. The molecule has 118 valence electrons. The number of nitrogens with one attached hydrogen (secondary N) is 2. The minimum Gasteiger partial charge on any atom is -0.355 e. The average Bonchev–Trinajstić information content (AvgIpc) is 2.98. The summed E-state index contributed by atoms with van der Waals surface area (Å²) in [6, 6.07) is 14.0. The van der Waals surface area contributed by atoms with Crippen molar-refractivity contribution in [1.82, 2.24) is 4.98 Å². The molecule has 0 spiro atoms. The van der Waals surface area contributed by atoms with Crippen LogP contribution in [0, 0.1) is 0 Å². The topological polar surface area (TPSA) is 71.1 Å². The Hall–Kier alpha value is -1.90. The summed E-state index contributed by atoms with van der Waals surface area (Å²) in [6.07, 6.45) is 3.40. The first kappa shape index (κ1) is 16.0. The van der Waals surface area contributed by atoms with Gasteiger partial charge in [-0.25, -0.2) is 8.42 Å². The molecule has 0 amide bonds. The van der Waals surface area contributed by atoms with Crippen molar-refractivity contribution >= 4 is 54.4 Å². The minimum absolute atomic E-state index is 0.267. The maximum atomic E-state index is 12.2. The number of benzene rings is 1. The Morgan fingerprint density at radius 2 is 1.48 bits per heavy atom. The van der Waals surface area contributed by atoms with Gasteiger partial charge in [0.25, 0.3) is 10.0 Å². The lowest BCUT2D eigenvalue weighted by atomic mass is 10.3. The fourth-order valence-electron chi connectivity index (χ4n) is 1.87.